The smallest absolute Gasteiger partial charge is 0.241 e. The number of carbonyl (C=O) groups excluding carboxylic acids is 1. The molecule has 0 aliphatic heterocycles. The molecule has 2 aliphatic rings. The van der Waals surface area contributed by atoms with Crippen LogP contribution in [0.25, 0.3) is 0 Å². The number of amides is 1. The predicted molar refractivity (Wildman–Crippen MR) is 92.2 cm³/mol. The Morgan fingerprint density at radius 3 is 2.78 bits per heavy atom. The number of aromatic nitrogens is 2. The van der Waals surface area contributed by atoms with Crippen molar-refractivity contribution in [3.05, 3.63) is 17.5 Å². The predicted octanol–water partition coefficient (Wildman–Crippen LogP) is 3.48. The van der Waals surface area contributed by atoms with E-state index in [2.05, 4.69) is 30.5 Å². The first-order chi connectivity index (χ1) is 11.1. The molecule has 4 heteroatoms. The van der Waals surface area contributed by atoms with Gasteiger partial charge in [0.2, 0.25) is 5.91 Å². The molecule has 1 aromatic rings. The highest BCUT2D eigenvalue weighted by atomic mass is 16.2. The lowest BCUT2D eigenvalue weighted by Gasteiger charge is -2.34. The van der Waals surface area contributed by atoms with Crippen molar-refractivity contribution in [3.8, 4) is 0 Å². The molecule has 0 spiro atoms. The van der Waals surface area contributed by atoms with Gasteiger partial charge >= 0.3 is 0 Å². The number of aryl methyl sites for hydroxylation is 2. The fourth-order valence-corrected chi connectivity index (χ4v) is 4.15. The second-order valence-electron chi connectivity index (χ2n) is 7.65. The summed E-state index contributed by atoms with van der Waals surface area (Å²) in [6, 6.07) is 0.336. The molecule has 0 radical (unpaired) electrons. The van der Waals surface area contributed by atoms with Crippen molar-refractivity contribution in [3.63, 3.8) is 0 Å². The summed E-state index contributed by atoms with van der Waals surface area (Å²) in [5, 5.41) is 7.93. The maximum Gasteiger partial charge on any atom is 0.241 e. The van der Waals surface area contributed by atoms with Gasteiger partial charge in [-0.05, 0) is 49.5 Å². The van der Waals surface area contributed by atoms with Gasteiger partial charge in [-0.25, -0.2) is 0 Å². The minimum absolute atomic E-state index is 0.117. The molecule has 3 unspecified atom stereocenters. The number of nitrogens with one attached hydrogen (secondary N) is 1. The number of hydrogen-bond donors (Lipinski definition) is 1. The molecule has 128 valence electrons. The second kappa shape index (κ2) is 7.50. The molecule has 2 aliphatic carbocycles. The fourth-order valence-electron chi connectivity index (χ4n) is 4.15. The number of carbonyl (C=O) groups is 1. The van der Waals surface area contributed by atoms with Gasteiger partial charge in [-0.1, -0.05) is 39.5 Å². The van der Waals surface area contributed by atoms with Crippen molar-refractivity contribution in [1.82, 2.24) is 15.1 Å². The summed E-state index contributed by atoms with van der Waals surface area (Å²) in [5.41, 5.74) is 2.58. The molecule has 23 heavy (non-hydrogen) atoms. The maximum atomic E-state index is 12.4. The van der Waals surface area contributed by atoms with Crippen molar-refractivity contribution >= 4 is 5.91 Å². The number of fused-ring (bicyclic) bond motifs is 1. The summed E-state index contributed by atoms with van der Waals surface area (Å²) in [7, 11) is 0. The van der Waals surface area contributed by atoms with Crippen LogP contribution in [0.5, 0.6) is 0 Å². The normalized spacial score (nSPS) is 28.5. The molecule has 0 aromatic carbocycles. The minimum Gasteiger partial charge on any atom is -0.351 e. The number of nitrogens with zero attached hydrogens (tertiary/aromatic N) is 2. The van der Waals surface area contributed by atoms with E-state index in [1.165, 1.54) is 49.8 Å². The second-order valence-corrected chi connectivity index (χ2v) is 7.65. The molecule has 1 saturated carbocycles. The van der Waals surface area contributed by atoms with Crippen LogP contribution in [-0.2, 0) is 24.2 Å². The highest BCUT2D eigenvalue weighted by Gasteiger charge is 2.28. The summed E-state index contributed by atoms with van der Waals surface area (Å²) in [4.78, 5) is 12.4. The lowest BCUT2D eigenvalue weighted by molar-refractivity contribution is -0.123. The zero-order valence-electron chi connectivity index (χ0n) is 14.7. The Labute approximate surface area is 140 Å². The van der Waals surface area contributed by atoms with Crippen molar-refractivity contribution in [2.75, 3.05) is 0 Å². The first-order valence-corrected chi connectivity index (χ1v) is 9.48. The quantitative estimate of drug-likeness (QED) is 0.927. The molecule has 4 nitrogen and oxygen atoms in total. The summed E-state index contributed by atoms with van der Waals surface area (Å²) in [6.07, 6.45) is 13.0. The zero-order valence-corrected chi connectivity index (χ0v) is 14.7. The van der Waals surface area contributed by atoms with E-state index in [4.69, 9.17) is 0 Å². The van der Waals surface area contributed by atoms with Gasteiger partial charge in [-0.15, -0.1) is 0 Å². The van der Waals surface area contributed by atoms with Crippen molar-refractivity contribution in [2.45, 2.75) is 84.2 Å². The van der Waals surface area contributed by atoms with Crippen LogP contribution in [0, 0.1) is 11.8 Å². The maximum absolute atomic E-state index is 12.4. The van der Waals surface area contributed by atoms with Gasteiger partial charge in [-0.2, -0.15) is 5.10 Å². The molecule has 1 aromatic heterocycles. The number of rotatable bonds is 3. The van der Waals surface area contributed by atoms with E-state index in [1.54, 1.807) is 0 Å². The van der Waals surface area contributed by atoms with E-state index in [1.807, 2.05) is 4.68 Å². The highest BCUT2D eigenvalue weighted by Crippen LogP contribution is 2.29. The Morgan fingerprint density at radius 1 is 1.17 bits per heavy atom. The third-order valence-corrected chi connectivity index (χ3v) is 5.89. The standard InChI is InChI=1S/C19H31N3O/c1-14-8-7-11-17(15(14)2)20-19(23)13-22-12-16-9-5-3-4-6-10-18(16)21-22/h12,14-15,17H,3-11,13H2,1-2H3,(H,20,23). The third-order valence-electron chi connectivity index (χ3n) is 5.89. The van der Waals surface area contributed by atoms with Crippen LogP contribution in [0.3, 0.4) is 0 Å². The molecule has 1 heterocycles. The fraction of sp³-hybridized carbons (Fsp3) is 0.789. The van der Waals surface area contributed by atoms with Crippen LogP contribution >= 0.6 is 0 Å². The average Bonchev–Trinajstić information content (AvgIpc) is 2.85. The van der Waals surface area contributed by atoms with Gasteiger partial charge in [0.05, 0.1) is 5.69 Å². The molecule has 1 N–H and O–H groups in total. The first-order valence-electron chi connectivity index (χ1n) is 9.48. The van der Waals surface area contributed by atoms with E-state index < -0.39 is 0 Å². The van der Waals surface area contributed by atoms with Gasteiger partial charge in [0.15, 0.2) is 0 Å². The minimum atomic E-state index is 0.117. The van der Waals surface area contributed by atoms with Crippen LogP contribution in [0.15, 0.2) is 6.20 Å². The Bertz CT molecular complexity index is 511. The molecular weight excluding hydrogens is 286 g/mol. The van der Waals surface area contributed by atoms with Gasteiger partial charge in [0.1, 0.15) is 6.54 Å². The van der Waals surface area contributed by atoms with Gasteiger partial charge in [-0.3, -0.25) is 9.48 Å². The topological polar surface area (TPSA) is 46.9 Å². The zero-order chi connectivity index (χ0) is 16.2. The van der Waals surface area contributed by atoms with Crippen LogP contribution in [0.4, 0.5) is 0 Å². The lowest BCUT2D eigenvalue weighted by atomic mass is 9.78. The van der Waals surface area contributed by atoms with Crippen molar-refractivity contribution < 1.29 is 4.79 Å². The molecule has 3 atom stereocenters. The highest BCUT2D eigenvalue weighted by molar-refractivity contribution is 5.76. The summed E-state index contributed by atoms with van der Waals surface area (Å²) >= 11 is 0. The molecule has 3 rings (SSSR count). The van der Waals surface area contributed by atoms with E-state index in [-0.39, 0.29) is 5.91 Å². The van der Waals surface area contributed by atoms with Crippen molar-refractivity contribution in [2.24, 2.45) is 11.8 Å². The lowest BCUT2D eigenvalue weighted by Crippen LogP contribution is -2.44. The van der Waals surface area contributed by atoms with E-state index in [0.29, 0.717) is 24.4 Å². The largest absolute Gasteiger partial charge is 0.351 e. The Balaban J connectivity index is 1.58. The molecule has 1 fully saturated rings. The Hall–Kier alpha value is -1.32. The summed E-state index contributed by atoms with van der Waals surface area (Å²) < 4.78 is 1.86. The Morgan fingerprint density at radius 2 is 1.96 bits per heavy atom. The van der Waals surface area contributed by atoms with Crippen LogP contribution in [-0.4, -0.2) is 21.7 Å². The van der Waals surface area contributed by atoms with Crippen LogP contribution in [0.1, 0.15) is 70.1 Å². The first kappa shape index (κ1) is 16.5. The summed E-state index contributed by atoms with van der Waals surface area (Å²) in [6.45, 7) is 4.94. The van der Waals surface area contributed by atoms with Crippen LogP contribution < -0.4 is 5.32 Å². The molecule has 0 bridgehead atoms. The van der Waals surface area contributed by atoms with Gasteiger partial charge in [0, 0.05) is 12.2 Å². The van der Waals surface area contributed by atoms with Gasteiger partial charge in [0.25, 0.3) is 0 Å². The molecule has 1 amide bonds. The van der Waals surface area contributed by atoms with Crippen molar-refractivity contribution in [1.29, 1.82) is 0 Å². The third kappa shape index (κ3) is 4.15. The summed E-state index contributed by atoms with van der Waals surface area (Å²) in [5.74, 6) is 1.40. The van der Waals surface area contributed by atoms with Crippen LogP contribution in [0.2, 0.25) is 0 Å². The van der Waals surface area contributed by atoms with E-state index in [0.717, 1.165) is 19.3 Å². The SMILES string of the molecule is CC1CCCC(NC(=O)Cn2cc3c(n2)CCCCCC3)C1C. The molecule has 0 saturated heterocycles. The number of hydrogen-bond acceptors (Lipinski definition) is 2. The average molecular weight is 317 g/mol. The Kier molecular flexibility index (Phi) is 5.39. The monoisotopic (exact) mass is 317 g/mol. The van der Waals surface area contributed by atoms with E-state index >= 15 is 0 Å². The van der Waals surface area contributed by atoms with Gasteiger partial charge < -0.3 is 5.32 Å². The van der Waals surface area contributed by atoms with E-state index in [9.17, 15) is 4.79 Å². The molecular formula is C19H31N3O.